The van der Waals surface area contributed by atoms with E-state index >= 15 is 0 Å². The van der Waals surface area contributed by atoms with Crippen molar-refractivity contribution in [3.63, 3.8) is 0 Å². The van der Waals surface area contributed by atoms with Crippen LogP contribution >= 0.6 is 0 Å². The summed E-state index contributed by atoms with van der Waals surface area (Å²) >= 11 is 0. The van der Waals surface area contributed by atoms with Gasteiger partial charge in [0.25, 0.3) is 5.91 Å². The summed E-state index contributed by atoms with van der Waals surface area (Å²) in [5.41, 5.74) is 1.10. The van der Waals surface area contributed by atoms with Gasteiger partial charge >= 0.3 is 6.03 Å². The standard InChI is InChI=1S/C15H19N3O3/c1-16(2)14(19)10-9-18(15(20)17(3)4)11-7-6-8-12(21-5)13(10)11/h6-9H,1-5H3. The zero-order valence-electron chi connectivity index (χ0n) is 12.9. The van der Waals surface area contributed by atoms with E-state index in [9.17, 15) is 9.59 Å². The van der Waals surface area contributed by atoms with Gasteiger partial charge in [0.15, 0.2) is 0 Å². The molecule has 0 atom stereocenters. The Morgan fingerprint density at radius 1 is 1.10 bits per heavy atom. The lowest BCUT2D eigenvalue weighted by atomic mass is 10.1. The Hall–Kier alpha value is -2.50. The summed E-state index contributed by atoms with van der Waals surface area (Å²) in [6.45, 7) is 0. The van der Waals surface area contributed by atoms with Crippen molar-refractivity contribution >= 4 is 22.8 Å². The number of methoxy groups -OCH3 is 1. The molecule has 2 aromatic rings. The first-order valence-electron chi connectivity index (χ1n) is 6.49. The predicted octanol–water partition coefficient (Wildman–Crippen LogP) is 1.88. The van der Waals surface area contributed by atoms with Crippen molar-refractivity contribution in [2.75, 3.05) is 35.3 Å². The van der Waals surface area contributed by atoms with E-state index in [4.69, 9.17) is 4.74 Å². The maximum absolute atomic E-state index is 12.4. The number of hydrogen-bond donors (Lipinski definition) is 0. The molecule has 1 heterocycles. The highest BCUT2D eigenvalue weighted by atomic mass is 16.5. The molecule has 112 valence electrons. The minimum Gasteiger partial charge on any atom is -0.496 e. The van der Waals surface area contributed by atoms with Gasteiger partial charge in [-0.05, 0) is 12.1 Å². The van der Waals surface area contributed by atoms with Gasteiger partial charge in [-0.25, -0.2) is 4.79 Å². The number of aromatic nitrogens is 1. The molecule has 0 bridgehead atoms. The molecule has 0 saturated carbocycles. The van der Waals surface area contributed by atoms with Crippen molar-refractivity contribution in [3.05, 3.63) is 30.0 Å². The minimum absolute atomic E-state index is 0.171. The second kappa shape index (κ2) is 5.47. The molecule has 0 aliphatic heterocycles. The first-order chi connectivity index (χ1) is 9.88. The second-order valence-electron chi connectivity index (χ2n) is 5.14. The smallest absolute Gasteiger partial charge is 0.328 e. The molecule has 1 aromatic heterocycles. The Bertz CT molecular complexity index is 701. The highest BCUT2D eigenvalue weighted by Gasteiger charge is 2.22. The molecule has 1 aromatic carbocycles. The van der Waals surface area contributed by atoms with Gasteiger partial charge in [0.05, 0.1) is 23.6 Å². The third-order valence-corrected chi connectivity index (χ3v) is 3.24. The van der Waals surface area contributed by atoms with Crippen LogP contribution in [0.1, 0.15) is 10.4 Å². The number of benzene rings is 1. The first-order valence-corrected chi connectivity index (χ1v) is 6.49. The van der Waals surface area contributed by atoms with Gasteiger partial charge in [0, 0.05) is 34.4 Å². The van der Waals surface area contributed by atoms with Gasteiger partial charge in [-0.3, -0.25) is 9.36 Å². The Balaban J connectivity index is 2.79. The number of fused-ring (bicyclic) bond motifs is 1. The van der Waals surface area contributed by atoms with E-state index in [1.165, 1.54) is 14.4 Å². The summed E-state index contributed by atoms with van der Waals surface area (Å²) in [4.78, 5) is 27.6. The average Bonchev–Trinajstić information content (AvgIpc) is 2.84. The normalized spacial score (nSPS) is 10.5. The number of carbonyl (C=O) groups is 2. The van der Waals surface area contributed by atoms with E-state index in [-0.39, 0.29) is 11.9 Å². The van der Waals surface area contributed by atoms with Crippen molar-refractivity contribution in [1.29, 1.82) is 0 Å². The Labute approximate surface area is 123 Å². The van der Waals surface area contributed by atoms with Crippen LogP contribution in [0.15, 0.2) is 24.4 Å². The minimum atomic E-state index is -0.217. The van der Waals surface area contributed by atoms with Crippen LogP contribution < -0.4 is 4.74 Å². The number of ether oxygens (including phenoxy) is 1. The monoisotopic (exact) mass is 289 g/mol. The highest BCUT2D eigenvalue weighted by Crippen LogP contribution is 2.31. The molecule has 6 nitrogen and oxygen atoms in total. The van der Waals surface area contributed by atoms with Crippen molar-refractivity contribution in [2.24, 2.45) is 0 Å². The van der Waals surface area contributed by atoms with Crippen LogP contribution in [0, 0.1) is 0 Å². The first kappa shape index (κ1) is 14.9. The molecule has 2 amide bonds. The topological polar surface area (TPSA) is 54.8 Å². The van der Waals surface area contributed by atoms with Crippen LogP contribution in [-0.2, 0) is 0 Å². The van der Waals surface area contributed by atoms with Crippen LogP contribution in [0.3, 0.4) is 0 Å². The summed E-state index contributed by atoms with van der Waals surface area (Å²) in [5.74, 6) is 0.401. The summed E-state index contributed by atoms with van der Waals surface area (Å²) < 4.78 is 6.81. The third-order valence-electron chi connectivity index (χ3n) is 3.24. The molecule has 0 aliphatic carbocycles. The fourth-order valence-electron chi connectivity index (χ4n) is 2.20. The van der Waals surface area contributed by atoms with E-state index in [0.717, 1.165) is 0 Å². The lowest BCUT2D eigenvalue weighted by Gasteiger charge is -2.11. The number of nitrogens with zero attached hydrogens (tertiary/aromatic N) is 3. The number of amides is 2. The van der Waals surface area contributed by atoms with Crippen molar-refractivity contribution in [2.45, 2.75) is 0 Å². The summed E-state index contributed by atoms with van der Waals surface area (Å²) in [6, 6.07) is 5.15. The maximum atomic E-state index is 12.4. The molecule has 21 heavy (non-hydrogen) atoms. The van der Waals surface area contributed by atoms with E-state index in [2.05, 4.69) is 0 Å². The summed E-state index contributed by atoms with van der Waals surface area (Å²) in [5, 5.41) is 0.647. The van der Waals surface area contributed by atoms with Crippen LogP contribution in [0.2, 0.25) is 0 Å². The third kappa shape index (κ3) is 2.44. The molecular formula is C15H19N3O3. The summed E-state index contributed by atoms with van der Waals surface area (Å²) in [7, 11) is 8.23. The number of rotatable bonds is 2. The highest BCUT2D eigenvalue weighted by molar-refractivity contribution is 6.11. The fraction of sp³-hybridized carbons (Fsp3) is 0.333. The maximum Gasteiger partial charge on any atom is 0.328 e. The molecule has 0 unspecified atom stereocenters. The predicted molar refractivity (Wildman–Crippen MR) is 81.0 cm³/mol. The average molecular weight is 289 g/mol. The molecule has 0 saturated heterocycles. The Kier molecular flexibility index (Phi) is 3.88. The van der Waals surface area contributed by atoms with Gasteiger partial charge in [-0.1, -0.05) is 6.07 Å². The Morgan fingerprint density at radius 3 is 2.29 bits per heavy atom. The van der Waals surface area contributed by atoms with Crippen LogP contribution in [0.25, 0.3) is 10.9 Å². The number of carbonyl (C=O) groups excluding carboxylic acids is 2. The fourth-order valence-corrected chi connectivity index (χ4v) is 2.20. The van der Waals surface area contributed by atoms with Gasteiger partial charge in [0.1, 0.15) is 5.75 Å². The lowest BCUT2D eigenvalue weighted by molar-refractivity contribution is 0.0829. The van der Waals surface area contributed by atoms with E-state index in [1.54, 1.807) is 59.7 Å². The van der Waals surface area contributed by atoms with Crippen molar-refractivity contribution in [1.82, 2.24) is 14.4 Å². The zero-order valence-corrected chi connectivity index (χ0v) is 12.9. The van der Waals surface area contributed by atoms with Crippen LogP contribution in [0.4, 0.5) is 4.79 Å². The van der Waals surface area contributed by atoms with E-state index < -0.39 is 0 Å². The quantitative estimate of drug-likeness (QED) is 0.848. The van der Waals surface area contributed by atoms with Gasteiger partial charge < -0.3 is 14.5 Å². The van der Waals surface area contributed by atoms with Crippen LogP contribution in [-0.4, -0.2) is 61.6 Å². The summed E-state index contributed by atoms with van der Waals surface area (Å²) in [6.07, 6.45) is 1.57. The molecule has 0 aliphatic rings. The Morgan fingerprint density at radius 2 is 1.76 bits per heavy atom. The van der Waals surface area contributed by atoms with Gasteiger partial charge in [-0.15, -0.1) is 0 Å². The molecule has 0 radical (unpaired) electrons. The second-order valence-corrected chi connectivity index (χ2v) is 5.14. The molecule has 0 N–H and O–H groups in total. The van der Waals surface area contributed by atoms with E-state index in [1.807, 2.05) is 0 Å². The van der Waals surface area contributed by atoms with Crippen LogP contribution in [0.5, 0.6) is 5.75 Å². The SMILES string of the molecule is COc1cccc2c1c(C(=O)N(C)C)cn2C(=O)N(C)C. The molecule has 2 rings (SSSR count). The number of hydrogen-bond acceptors (Lipinski definition) is 3. The molecule has 6 heteroatoms. The largest absolute Gasteiger partial charge is 0.496 e. The van der Waals surface area contributed by atoms with Crippen molar-refractivity contribution in [3.8, 4) is 5.75 Å². The van der Waals surface area contributed by atoms with Gasteiger partial charge in [0.2, 0.25) is 0 Å². The zero-order chi connectivity index (χ0) is 15.7. The van der Waals surface area contributed by atoms with Gasteiger partial charge in [-0.2, -0.15) is 0 Å². The van der Waals surface area contributed by atoms with E-state index in [0.29, 0.717) is 22.2 Å². The molecular weight excluding hydrogens is 270 g/mol. The lowest BCUT2D eigenvalue weighted by Crippen LogP contribution is -2.27. The molecule has 0 fully saturated rings. The van der Waals surface area contributed by atoms with Crippen molar-refractivity contribution < 1.29 is 14.3 Å². The molecule has 0 spiro atoms.